The van der Waals surface area contributed by atoms with Crippen LogP contribution in [0.2, 0.25) is 0 Å². The summed E-state index contributed by atoms with van der Waals surface area (Å²) in [4.78, 5) is 5.42. The summed E-state index contributed by atoms with van der Waals surface area (Å²) in [6.45, 7) is 16.3. The van der Waals surface area contributed by atoms with Crippen LogP contribution in [0.3, 0.4) is 0 Å². The molecule has 2 aromatic heterocycles. The first-order valence-electron chi connectivity index (χ1n) is 17.9. The number of nitrogens with zero attached hydrogens (tertiary/aromatic N) is 2. The zero-order valence-electron chi connectivity index (χ0n) is 30.1. The Morgan fingerprint density at radius 2 is 1.18 bits per heavy atom. The third kappa shape index (κ3) is 5.54. The normalized spacial score (nSPS) is 12.3. The molecule has 0 saturated carbocycles. The Kier molecular flexibility index (Phi) is 8.00. The zero-order chi connectivity index (χ0) is 34.7. The number of thiophene rings is 1. The van der Waals surface area contributed by atoms with Crippen LogP contribution in [0, 0.1) is 0 Å². The topological polar surface area (TPSA) is 17.8 Å². The Labute approximate surface area is 300 Å². The molecule has 0 radical (unpaired) electrons. The van der Waals surface area contributed by atoms with Gasteiger partial charge in [0.25, 0.3) is 0 Å². The molecule has 248 valence electrons. The fourth-order valence-electron chi connectivity index (χ4n) is 7.32. The monoisotopic (exact) mass is 668 g/mol. The highest BCUT2D eigenvalue weighted by molar-refractivity contribution is 7.26. The molecule has 8 rings (SSSR count). The minimum absolute atomic E-state index is 0.0527. The van der Waals surface area contributed by atoms with E-state index in [4.69, 9.17) is 4.98 Å². The summed E-state index contributed by atoms with van der Waals surface area (Å²) in [5.41, 5.74) is 13.8. The molecule has 0 N–H and O–H groups in total. The standard InChI is InChI=1S/C47H44N2S/c1-29(2)39-27-35(47(5,6)7)28-40(30(3)4)44(39)49-42-19-12-11-18-41(42)48-46(49)38-17-13-16-37-36-25-24-34(26-43(36)50-45(37)38)33-22-20-32(21-23-33)31-14-9-8-10-15-31/h8-30H,1-7H3. The Bertz CT molecular complexity index is 2480. The van der Waals surface area contributed by atoms with Gasteiger partial charge in [-0.3, -0.25) is 4.57 Å². The maximum Gasteiger partial charge on any atom is 0.147 e. The first kappa shape index (κ1) is 32.2. The van der Waals surface area contributed by atoms with E-state index in [2.05, 4.69) is 180 Å². The second-order valence-corrected chi connectivity index (χ2v) is 16.3. The van der Waals surface area contributed by atoms with Gasteiger partial charge in [0.05, 0.1) is 16.7 Å². The highest BCUT2D eigenvalue weighted by atomic mass is 32.1. The van der Waals surface area contributed by atoms with Crippen molar-refractivity contribution in [2.24, 2.45) is 0 Å². The SMILES string of the molecule is CC(C)c1cc(C(C)(C)C)cc(C(C)C)c1-n1c(-c2cccc3c2sc2cc(-c4ccc(-c5ccccc5)cc4)ccc23)nc2ccccc21. The Morgan fingerprint density at radius 1 is 0.580 bits per heavy atom. The molecule has 0 aliphatic rings. The minimum atomic E-state index is 0.0527. The number of benzene rings is 6. The van der Waals surface area contributed by atoms with Crippen LogP contribution in [0.4, 0.5) is 0 Å². The van der Waals surface area contributed by atoms with Crippen molar-refractivity contribution in [1.82, 2.24) is 9.55 Å². The van der Waals surface area contributed by atoms with Crippen molar-refractivity contribution in [3.8, 4) is 39.3 Å². The quantitative estimate of drug-likeness (QED) is 0.172. The van der Waals surface area contributed by atoms with Crippen molar-refractivity contribution >= 4 is 42.5 Å². The van der Waals surface area contributed by atoms with E-state index < -0.39 is 0 Å². The van der Waals surface area contributed by atoms with Gasteiger partial charge in [0.15, 0.2) is 0 Å². The number of aromatic nitrogens is 2. The Hall–Kier alpha value is -4.99. The molecular weight excluding hydrogens is 625 g/mol. The van der Waals surface area contributed by atoms with Gasteiger partial charge in [-0.2, -0.15) is 0 Å². The smallest absolute Gasteiger partial charge is 0.147 e. The van der Waals surface area contributed by atoms with Gasteiger partial charge in [-0.15, -0.1) is 11.3 Å². The molecule has 0 fully saturated rings. The summed E-state index contributed by atoms with van der Waals surface area (Å²) in [5, 5.41) is 2.57. The number of hydrogen-bond donors (Lipinski definition) is 0. The van der Waals surface area contributed by atoms with Crippen LogP contribution in [-0.4, -0.2) is 9.55 Å². The van der Waals surface area contributed by atoms with Gasteiger partial charge in [0.1, 0.15) is 5.82 Å². The summed E-state index contributed by atoms with van der Waals surface area (Å²) in [6.07, 6.45) is 0. The average Bonchev–Trinajstić information content (AvgIpc) is 3.69. The Balaban J connectivity index is 1.33. The predicted octanol–water partition coefficient (Wildman–Crippen LogP) is 13.9. The van der Waals surface area contributed by atoms with Gasteiger partial charge in [-0.1, -0.05) is 152 Å². The molecule has 0 aliphatic carbocycles. The lowest BCUT2D eigenvalue weighted by atomic mass is 9.81. The van der Waals surface area contributed by atoms with E-state index in [0.717, 1.165) is 16.9 Å². The zero-order valence-corrected chi connectivity index (χ0v) is 30.9. The number of fused-ring (bicyclic) bond motifs is 4. The highest BCUT2D eigenvalue weighted by Gasteiger charge is 2.26. The highest BCUT2D eigenvalue weighted by Crippen LogP contribution is 2.45. The molecule has 0 saturated heterocycles. The van der Waals surface area contributed by atoms with Crippen molar-refractivity contribution in [2.75, 3.05) is 0 Å². The third-order valence-electron chi connectivity index (χ3n) is 10.1. The largest absolute Gasteiger partial charge is 0.292 e. The van der Waals surface area contributed by atoms with Crippen LogP contribution in [0.5, 0.6) is 0 Å². The fraction of sp³-hybridized carbons (Fsp3) is 0.213. The number of hydrogen-bond acceptors (Lipinski definition) is 2. The molecule has 3 heteroatoms. The van der Waals surface area contributed by atoms with E-state index in [-0.39, 0.29) is 5.41 Å². The Morgan fingerprint density at radius 3 is 1.84 bits per heavy atom. The second-order valence-electron chi connectivity index (χ2n) is 15.3. The van der Waals surface area contributed by atoms with Crippen molar-refractivity contribution in [2.45, 2.75) is 65.7 Å². The fourth-order valence-corrected chi connectivity index (χ4v) is 8.58. The molecule has 0 atom stereocenters. The molecule has 0 aliphatic heterocycles. The molecule has 2 heterocycles. The van der Waals surface area contributed by atoms with Crippen LogP contribution < -0.4 is 0 Å². The van der Waals surface area contributed by atoms with Gasteiger partial charge in [0.2, 0.25) is 0 Å². The molecule has 0 bridgehead atoms. The van der Waals surface area contributed by atoms with Crippen LogP contribution in [0.15, 0.2) is 127 Å². The van der Waals surface area contributed by atoms with E-state index in [1.165, 1.54) is 70.4 Å². The van der Waals surface area contributed by atoms with Gasteiger partial charge in [-0.05, 0) is 80.5 Å². The van der Waals surface area contributed by atoms with Crippen LogP contribution >= 0.6 is 11.3 Å². The number of imidazole rings is 1. The van der Waals surface area contributed by atoms with E-state index in [1.54, 1.807) is 0 Å². The summed E-state index contributed by atoms with van der Waals surface area (Å²) in [6, 6.07) is 46.8. The first-order chi connectivity index (χ1) is 24.1. The van der Waals surface area contributed by atoms with Crippen molar-refractivity contribution in [3.05, 3.63) is 144 Å². The van der Waals surface area contributed by atoms with Gasteiger partial charge in [0, 0.05) is 25.7 Å². The molecule has 0 spiro atoms. The van der Waals surface area contributed by atoms with Crippen molar-refractivity contribution in [1.29, 1.82) is 0 Å². The summed E-state index contributed by atoms with van der Waals surface area (Å²) in [5.74, 6) is 1.70. The molecule has 8 aromatic rings. The predicted molar refractivity (Wildman–Crippen MR) is 217 cm³/mol. The lowest BCUT2D eigenvalue weighted by Crippen LogP contribution is -2.16. The van der Waals surface area contributed by atoms with Crippen LogP contribution in [0.25, 0.3) is 70.5 Å². The third-order valence-corrected chi connectivity index (χ3v) is 11.3. The molecule has 50 heavy (non-hydrogen) atoms. The molecule has 2 nitrogen and oxygen atoms in total. The maximum atomic E-state index is 5.42. The first-order valence-corrected chi connectivity index (χ1v) is 18.7. The molecular formula is C47H44N2S. The van der Waals surface area contributed by atoms with Gasteiger partial charge >= 0.3 is 0 Å². The van der Waals surface area contributed by atoms with E-state index in [9.17, 15) is 0 Å². The van der Waals surface area contributed by atoms with Crippen LogP contribution in [0.1, 0.15) is 77.0 Å². The van der Waals surface area contributed by atoms with E-state index in [0.29, 0.717) is 11.8 Å². The minimum Gasteiger partial charge on any atom is -0.292 e. The molecule has 0 amide bonds. The number of rotatable bonds is 6. The van der Waals surface area contributed by atoms with Crippen LogP contribution in [-0.2, 0) is 5.41 Å². The maximum absolute atomic E-state index is 5.42. The summed E-state index contributed by atoms with van der Waals surface area (Å²) in [7, 11) is 0. The lowest BCUT2D eigenvalue weighted by Gasteiger charge is -2.28. The van der Waals surface area contributed by atoms with E-state index >= 15 is 0 Å². The molecule has 0 unspecified atom stereocenters. The summed E-state index contributed by atoms with van der Waals surface area (Å²) >= 11 is 1.88. The second kappa shape index (κ2) is 12.4. The number of para-hydroxylation sites is 2. The van der Waals surface area contributed by atoms with Gasteiger partial charge in [-0.25, -0.2) is 4.98 Å². The van der Waals surface area contributed by atoms with Gasteiger partial charge < -0.3 is 0 Å². The van der Waals surface area contributed by atoms with E-state index in [1.807, 2.05) is 11.3 Å². The van der Waals surface area contributed by atoms with Crippen molar-refractivity contribution < 1.29 is 0 Å². The lowest BCUT2D eigenvalue weighted by molar-refractivity contribution is 0.586. The summed E-state index contributed by atoms with van der Waals surface area (Å²) < 4.78 is 5.05. The van der Waals surface area contributed by atoms with Crippen molar-refractivity contribution in [3.63, 3.8) is 0 Å². The molecule has 6 aromatic carbocycles. The average molecular weight is 669 g/mol.